The maximum Gasteiger partial charge on any atom is 0.271 e. The van der Waals surface area contributed by atoms with Gasteiger partial charge in [-0.15, -0.1) is 0 Å². The summed E-state index contributed by atoms with van der Waals surface area (Å²) in [4.78, 5) is 22.2. The second kappa shape index (κ2) is 8.07. The number of sulfonamides is 1. The minimum atomic E-state index is -3.71. The molecule has 2 rings (SSSR count). The number of nitro groups is 1. The molecule has 0 saturated heterocycles. The van der Waals surface area contributed by atoms with E-state index in [9.17, 15) is 23.3 Å². The lowest BCUT2D eigenvalue weighted by Crippen LogP contribution is -2.28. The normalized spacial score (nSPS) is 11.2. The van der Waals surface area contributed by atoms with Crippen molar-refractivity contribution in [3.05, 3.63) is 63.7 Å². The number of non-ortho nitro benzene ring substituents is 1. The van der Waals surface area contributed by atoms with E-state index in [0.717, 1.165) is 11.1 Å². The molecule has 0 bridgehead atoms. The highest BCUT2D eigenvalue weighted by Crippen LogP contribution is 2.17. The summed E-state index contributed by atoms with van der Waals surface area (Å²) in [5.74, 6) is -0.451. The second-order valence-corrected chi connectivity index (χ2v) is 7.52. The lowest BCUT2D eigenvalue weighted by Gasteiger charge is -2.09. The lowest BCUT2D eigenvalue weighted by atomic mass is 10.1. The molecule has 2 aromatic rings. The van der Waals surface area contributed by atoms with E-state index in [1.54, 1.807) is 12.1 Å². The van der Waals surface area contributed by atoms with Crippen molar-refractivity contribution < 1.29 is 18.1 Å². The summed E-state index contributed by atoms with van der Waals surface area (Å²) in [6, 6.07) is 10.3. The molecule has 0 aliphatic heterocycles. The van der Waals surface area contributed by atoms with E-state index in [1.807, 2.05) is 13.8 Å². The third-order valence-electron chi connectivity index (χ3n) is 3.77. The van der Waals surface area contributed by atoms with Crippen molar-refractivity contribution in [2.45, 2.75) is 25.2 Å². The van der Waals surface area contributed by atoms with Crippen LogP contribution in [0.25, 0.3) is 0 Å². The smallest absolute Gasteiger partial charge is 0.271 e. The third kappa shape index (κ3) is 5.11. The van der Waals surface area contributed by atoms with Crippen LogP contribution in [0.15, 0.2) is 47.4 Å². The van der Waals surface area contributed by atoms with E-state index < -0.39 is 20.9 Å². The number of aryl methyl sites for hydroxylation is 2. The summed E-state index contributed by atoms with van der Waals surface area (Å²) in [5, 5.41) is 13.2. The van der Waals surface area contributed by atoms with Gasteiger partial charge in [0.2, 0.25) is 15.9 Å². The summed E-state index contributed by atoms with van der Waals surface area (Å²) < 4.78 is 26.8. The van der Waals surface area contributed by atoms with E-state index in [0.29, 0.717) is 0 Å². The van der Waals surface area contributed by atoms with Crippen LogP contribution in [-0.4, -0.2) is 25.8 Å². The maximum absolute atomic E-state index is 12.2. The van der Waals surface area contributed by atoms with Gasteiger partial charge in [-0.25, -0.2) is 13.1 Å². The van der Waals surface area contributed by atoms with Crippen LogP contribution < -0.4 is 10.0 Å². The quantitative estimate of drug-likeness (QED) is 0.568. The Labute approximate surface area is 151 Å². The fourth-order valence-corrected chi connectivity index (χ4v) is 3.30. The largest absolute Gasteiger partial charge is 0.326 e. The minimum Gasteiger partial charge on any atom is -0.326 e. The monoisotopic (exact) mass is 377 g/mol. The SMILES string of the molecule is Cc1ccc(S(=O)(=O)NCCC(=O)Nc2cccc([N+](=O)[O-])c2)cc1C. The molecule has 0 saturated carbocycles. The molecule has 26 heavy (non-hydrogen) atoms. The first-order valence-electron chi connectivity index (χ1n) is 7.80. The van der Waals surface area contributed by atoms with E-state index in [1.165, 1.54) is 30.3 Å². The summed E-state index contributed by atoms with van der Waals surface area (Å²) in [6.45, 7) is 3.62. The second-order valence-electron chi connectivity index (χ2n) is 5.75. The van der Waals surface area contributed by atoms with E-state index in [-0.39, 0.29) is 29.2 Å². The van der Waals surface area contributed by atoms with E-state index in [4.69, 9.17) is 0 Å². The first kappa shape index (κ1) is 19.5. The fourth-order valence-electron chi connectivity index (χ4n) is 2.18. The third-order valence-corrected chi connectivity index (χ3v) is 5.23. The number of carbonyl (C=O) groups is 1. The Kier molecular flexibility index (Phi) is 6.06. The zero-order chi connectivity index (χ0) is 19.3. The molecular weight excluding hydrogens is 358 g/mol. The van der Waals surface area contributed by atoms with E-state index >= 15 is 0 Å². The molecule has 2 aromatic carbocycles. The number of rotatable bonds is 7. The first-order valence-corrected chi connectivity index (χ1v) is 9.28. The average molecular weight is 377 g/mol. The van der Waals surface area contributed by atoms with Crippen molar-refractivity contribution >= 4 is 27.3 Å². The topological polar surface area (TPSA) is 118 Å². The molecular formula is C17H19N3O5S. The standard InChI is InChI=1S/C17H19N3O5S/c1-12-6-7-16(10-13(12)2)26(24,25)18-9-8-17(21)19-14-4-3-5-15(11-14)20(22)23/h3-7,10-11,18H,8-9H2,1-2H3,(H,19,21). The number of nitrogens with one attached hydrogen (secondary N) is 2. The highest BCUT2D eigenvalue weighted by atomic mass is 32.2. The van der Waals surface area contributed by atoms with Crippen LogP contribution in [0, 0.1) is 24.0 Å². The molecule has 0 spiro atoms. The van der Waals surface area contributed by atoms with Gasteiger partial charge in [0, 0.05) is 30.8 Å². The van der Waals surface area contributed by atoms with Crippen LogP contribution in [0.1, 0.15) is 17.5 Å². The molecule has 0 aliphatic carbocycles. The van der Waals surface area contributed by atoms with Crippen molar-refractivity contribution in [2.24, 2.45) is 0 Å². The van der Waals surface area contributed by atoms with Gasteiger partial charge in [-0.1, -0.05) is 12.1 Å². The maximum atomic E-state index is 12.2. The molecule has 0 aliphatic rings. The molecule has 0 unspecified atom stereocenters. The number of anilines is 1. The van der Waals surface area contributed by atoms with Crippen molar-refractivity contribution in [1.82, 2.24) is 4.72 Å². The fraction of sp³-hybridized carbons (Fsp3) is 0.235. The molecule has 8 nitrogen and oxygen atoms in total. The number of nitrogens with zero attached hydrogens (tertiary/aromatic N) is 1. The molecule has 138 valence electrons. The Bertz CT molecular complexity index is 941. The van der Waals surface area contributed by atoms with E-state index in [2.05, 4.69) is 10.0 Å². The average Bonchev–Trinajstić information content (AvgIpc) is 2.57. The lowest BCUT2D eigenvalue weighted by molar-refractivity contribution is -0.384. The van der Waals surface area contributed by atoms with Crippen LogP contribution in [0.5, 0.6) is 0 Å². The molecule has 0 atom stereocenters. The number of carbonyl (C=O) groups excluding carboxylic acids is 1. The van der Waals surface area contributed by atoms with Gasteiger partial charge in [-0.05, 0) is 43.2 Å². The van der Waals surface area contributed by atoms with Crippen molar-refractivity contribution in [1.29, 1.82) is 0 Å². The Hall–Kier alpha value is -2.78. The number of amides is 1. The minimum absolute atomic E-state index is 0.0873. The van der Waals surface area contributed by atoms with Crippen LogP contribution in [0.4, 0.5) is 11.4 Å². The molecule has 9 heteroatoms. The van der Waals surface area contributed by atoms with Crippen LogP contribution in [0.3, 0.4) is 0 Å². The van der Waals surface area contributed by atoms with Crippen LogP contribution >= 0.6 is 0 Å². The number of benzene rings is 2. The summed E-state index contributed by atoms with van der Waals surface area (Å²) in [7, 11) is -3.71. The Morgan fingerprint density at radius 3 is 2.50 bits per heavy atom. The van der Waals surface area contributed by atoms with Gasteiger partial charge in [0.1, 0.15) is 0 Å². The molecule has 0 radical (unpaired) electrons. The van der Waals surface area contributed by atoms with Gasteiger partial charge < -0.3 is 5.32 Å². The number of hydrogen-bond acceptors (Lipinski definition) is 5. The van der Waals surface area contributed by atoms with Crippen molar-refractivity contribution in [3.8, 4) is 0 Å². The number of hydrogen-bond donors (Lipinski definition) is 2. The zero-order valence-corrected chi connectivity index (χ0v) is 15.2. The van der Waals surface area contributed by atoms with Gasteiger partial charge in [-0.3, -0.25) is 14.9 Å². The predicted octanol–water partition coefficient (Wildman–Crippen LogP) is 2.52. The predicted molar refractivity (Wildman–Crippen MR) is 97.4 cm³/mol. The highest BCUT2D eigenvalue weighted by Gasteiger charge is 2.15. The van der Waals surface area contributed by atoms with Gasteiger partial charge in [0.25, 0.3) is 5.69 Å². The Balaban J connectivity index is 1.92. The zero-order valence-electron chi connectivity index (χ0n) is 14.4. The van der Waals surface area contributed by atoms with Gasteiger partial charge in [-0.2, -0.15) is 0 Å². The van der Waals surface area contributed by atoms with Crippen molar-refractivity contribution in [2.75, 3.05) is 11.9 Å². The molecule has 2 N–H and O–H groups in total. The van der Waals surface area contributed by atoms with Gasteiger partial charge >= 0.3 is 0 Å². The van der Waals surface area contributed by atoms with Crippen molar-refractivity contribution in [3.63, 3.8) is 0 Å². The number of nitro benzene ring substituents is 1. The molecule has 0 fully saturated rings. The summed E-state index contributed by atoms with van der Waals surface area (Å²) in [6.07, 6.45) is -0.104. The van der Waals surface area contributed by atoms with Gasteiger partial charge in [0.05, 0.1) is 9.82 Å². The molecule has 1 amide bonds. The van der Waals surface area contributed by atoms with Crippen LogP contribution in [-0.2, 0) is 14.8 Å². The molecule has 0 aromatic heterocycles. The summed E-state index contributed by atoms with van der Waals surface area (Å²) in [5.41, 5.74) is 1.98. The Morgan fingerprint density at radius 2 is 1.85 bits per heavy atom. The Morgan fingerprint density at radius 1 is 1.12 bits per heavy atom. The summed E-state index contributed by atoms with van der Waals surface area (Å²) >= 11 is 0. The molecule has 0 heterocycles. The van der Waals surface area contributed by atoms with Crippen LogP contribution in [0.2, 0.25) is 0 Å². The highest BCUT2D eigenvalue weighted by molar-refractivity contribution is 7.89. The van der Waals surface area contributed by atoms with Gasteiger partial charge in [0.15, 0.2) is 0 Å². The first-order chi connectivity index (χ1) is 12.2.